The van der Waals surface area contributed by atoms with E-state index in [1.54, 1.807) is 13.2 Å². The van der Waals surface area contributed by atoms with E-state index in [4.69, 9.17) is 9.15 Å². The van der Waals surface area contributed by atoms with Crippen LogP contribution in [0.25, 0.3) is 11.0 Å². The maximum atomic E-state index is 12.4. The van der Waals surface area contributed by atoms with Crippen molar-refractivity contribution in [3.05, 3.63) is 64.3 Å². The van der Waals surface area contributed by atoms with Gasteiger partial charge in [0.25, 0.3) is 5.91 Å². The minimum absolute atomic E-state index is 0.134. The van der Waals surface area contributed by atoms with Crippen LogP contribution in [0.4, 0.5) is 0 Å². The molecule has 1 aromatic heterocycles. The molecule has 0 bridgehead atoms. The first kappa shape index (κ1) is 15.6. The van der Waals surface area contributed by atoms with Crippen molar-refractivity contribution in [2.45, 2.75) is 13.0 Å². The number of carbonyl (C=O) groups is 1. The van der Waals surface area contributed by atoms with Crippen molar-refractivity contribution in [2.75, 3.05) is 7.11 Å². The third-order valence-corrected chi connectivity index (χ3v) is 4.39. The number of furan rings is 1. The van der Waals surface area contributed by atoms with Crippen LogP contribution >= 0.6 is 15.9 Å². The number of ether oxygens (including phenoxy) is 1. The summed E-state index contributed by atoms with van der Waals surface area (Å²) in [4.78, 5) is 12.4. The second kappa shape index (κ2) is 6.46. The molecule has 0 aliphatic carbocycles. The van der Waals surface area contributed by atoms with Crippen molar-refractivity contribution in [2.24, 2.45) is 0 Å². The third-order valence-electron chi connectivity index (χ3n) is 3.70. The molecule has 0 fully saturated rings. The van der Waals surface area contributed by atoms with Gasteiger partial charge in [-0.1, -0.05) is 34.1 Å². The van der Waals surface area contributed by atoms with Gasteiger partial charge >= 0.3 is 0 Å². The lowest BCUT2D eigenvalue weighted by molar-refractivity contribution is 0.0914. The standard InChI is InChI=1S/C18H16BrNO3/c1-11(12-6-8-13(22-2)9-7-12)20-18(21)17-10-14-15(19)4-3-5-16(14)23-17/h3-11H,1-2H3,(H,20,21). The number of carbonyl (C=O) groups excluding carboxylic acids is 1. The Labute approximate surface area is 142 Å². The topological polar surface area (TPSA) is 51.5 Å². The number of nitrogens with one attached hydrogen (secondary N) is 1. The fourth-order valence-corrected chi connectivity index (χ4v) is 2.84. The highest BCUT2D eigenvalue weighted by Crippen LogP contribution is 2.27. The molecule has 5 heteroatoms. The van der Waals surface area contributed by atoms with Gasteiger partial charge in [0.1, 0.15) is 11.3 Å². The lowest BCUT2D eigenvalue weighted by Crippen LogP contribution is -2.26. The lowest BCUT2D eigenvalue weighted by atomic mass is 10.1. The first-order valence-electron chi connectivity index (χ1n) is 7.21. The van der Waals surface area contributed by atoms with Gasteiger partial charge in [-0.05, 0) is 42.8 Å². The van der Waals surface area contributed by atoms with Crippen molar-refractivity contribution < 1.29 is 13.9 Å². The molecule has 0 saturated carbocycles. The number of rotatable bonds is 4. The summed E-state index contributed by atoms with van der Waals surface area (Å²) in [5.74, 6) is 0.845. The molecule has 23 heavy (non-hydrogen) atoms. The van der Waals surface area contributed by atoms with Gasteiger partial charge in [0.05, 0.1) is 13.2 Å². The normalized spacial score (nSPS) is 12.1. The van der Waals surface area contributed by atoms with E-state index in [1.807, 2.05) is 49.4 Å². The zero-order valence-electron chi connectivity index (χ0n) is 12.8. The Morgan fingerprint density at radius 2 is 1.96 bits per heavy atom. The van der Waals surface area contributed by atoms with Gasteiger partial charge in [0.15, 0.2) is 5.76 Å². The molecule has 118 valence electrons. The van der Waals surface area contributed by atoms with Gasteiger partial charge in [-0.25, -0.2) is 0 Å². The summed E-state index contributed by atoms with van der Waals surface area (Å²) in [6.45, 7) is 1.93. The summed E-state index contributed by atoms with van der Waals surface area (Å²) >= 11 is 3.46. The van der Waals surface area contributed by atoms with Crippen molar-refractivity contribution in [3.63, 3.8) is 0 Å². The number of hydrogen-bond donors (Lipinski definition) is 1. The Morgan fingerprint density at radius 1 is 1.22 bits per heavy atom. The Kier molecular flexibility index (Phi) is 4.39. The largest absolute Gasteiger partial charge is 0.497 e. The van der Waals surface area contributed by atoms with Crippen LogP contribution in [0.2, 0.25) is 0 Å². The van der Waals surface area contributed by atoms with Gasteiger partial charge in [-0.3, -0.25) is 4.79 Å². The molecule has 1 unspecified atom stereocenters. The summed E-state index contributed by atoms with van der Waals surface area (Å²) in [5.41, 5.74) is 1.68. The van der Waals surface area contributed by atoms with E-state index in [9.17, 15) is 4.79 Å². The van der Waals surface area contributed by atoms with Gasteiger partial charge in [-0.15, -0.1) is 0 Å². The molecule has 0 saturated heterocycles. The van der Waals surface area contributed by atoms with Crippen molar-refractivity contribution in [1.29, 1.82) is 0 Å². The molecule has 0 spiro atoms. The summed E-state index contributed by atoms with van der Waals surface area (Å²) in [6, 6.07) is 14.8. The van der Waals surface area contributed by atoms with Crippen LogP contribution in [0.1, 0.15) is 29.1 Å². The fourth-order valence-electron chi connectivity index (χ4n) is 2.38. The monoisotopic (exact) mass is 373 g/mol. The van der Waals surface area contributed by atoms with E-state index in [0.29, 0.717) is 11.3 Å². The van der Waals surface area contributed by atoms with Crippen molar-refractivity contribution >= 4 is 32.8 Å². The number of methoxy groups -OCH3 is 1. The van der Waals surface area contributed by atoms with Crippen LogP contribution in [0, 0.1) is 0 Å². The molecule has 1 atom stereocenters. The Bertz CT molecular complexity index is 839. The van der Waals surface area contributed by atoms with Crippen LogP contribution in [0.3, 0.4) is 0 Å². The molecule has 2 aromatic carbocycles. The zero-order valence-corrected chi connectivity index (χ0v) is 14.4. The van der Waals surface area contributed by atoms with Crippen LogP contribution < -0.4 is 10.1 Å². The average molecular weight is 374 g/mol. The number of halogens is 1. The minimum atomic E-state index is -0.239. The summed E-state index contributed by atoms with van der Waals surface area (Å²) in [5, 5.41) is 3.83. The smallest absolute Gasteiger partial charge is 0.287 e. The highest BCUT2D eigenvalue weighted by Gasteiger charge is 2.16. The molecule has 4 nitrogen and oxygen atoms in total. The van der Waals surface area contributed by atoms with E-state index in [0.717, 1.165) is 21.2 Å². The zero-order chi connectivity index (χ0) is 16.4. The molecule has 0 aliphatic heterocycles. The summed E-state index contributed by atoms with van der Waals surface area (Å²) in [7, 11) is 1.62. The maximum Gasteiger partial charge on any atom is 0.287 e. The highest BCUT2D eigenvalue weighted by atomic mass is 79.9. The fraction of sp³-hybridized carbons (Fsp3) is 0.167. The van der Waals surface area contributed by atoms with E-state index in [2.05, 4.69) is 21.2 Å². The van der Waals surface area contributed by atoms with Gasteiger partial charge < -0.3 is 14.5 Å². The Morgan fingerprint density at radius 3 is 2.61 bits per heavy atom. The molecular weight excluding hydrogens is 358 g/mol. The maximum absolute atomic E-state index is 12.4. The van der Waals surface area contributed by atoms with Crippen LogP contribution in [0.5, 0.6) is 5.75 Å². The predicted molar refractivity (Wildman–Crippen MR) is 92.8 cm³/mol. The Balaban J connectivity index is 1.77. The molecular formula is C18H16BrNO3. The molecule has 0 radical (unpaired) electrons. The summed E-state index contributed by atoms with van der Waals surface area (Å²) < 4.78 is 11.7. The Hall–Kier alpha value is -2.27. The second-order valence-corrected chi connectivity index (χ2v) is 6.08. The lowest BCUT2D eigenvalue weighted by Gasteiger charge is -2.13. The van der Waals surface area contributed by atoms with Gasteiger partial charge in [-0.2, -0.15) is 0 Å². The minimum Gasteiger partial charge on any atom is -0.497 e. The predicted octanol–water partition coefficient (Wildman–Crippen LogP) is 4.69. The number of amides is 1. The molecule has 1 amide bonds. The van der Waals surface area contributed by atoms with Crippen LogP contribution in [-0.4, -0.2) is 13.0 Å². The van der Waals surface area contributed by atoms with Gasteiger partial charge in [0, 0.05) is 9.86 Å². The molecule has 1 N–H and O–H groups in total. The molecule has 3 rings (SSSR count). The molecule has 3 aromatic rings. The molecule has 0 aliphatic rings. The second-order valence-electron chi connectivity index (χ2n) is 5.23. The van der Waals surface area contributed by atoms with Gasteiger partial charge in [0.2, 0.25) is 0 Å². The van der Waals surface area contributed by atoms with E-state index in [-0.39, 0.29) is 11.9 Å². The quantitative estimate of drug-likeness (QED) is 0.721. The van der Waals surface area contributed by atoms with E-state index in [1.165, 1.54) is 0 Å². The highest BCUT2D eigenvalue weighted by molar-refractivity contribution is 9.10. The SMILES string of the molecule is COc1ccc(C(C)NC(=O)c2cc3c(Br)cccc3o2)cc1. The number of fused-ring (bicyclic) bond motifs is 1. The summed E-state index contributed by atoms with van der Waals surface area (Å²) in [6.07, 6.45) is 0. The van der Waals surface area contributed by atoms with Crippen molar-refractivity contribution in [1.82, 2.24) is 5.32 Å². The van der Waals surface area contributed by atoms with Crippen molar-refractivity contribution in [3.8, 4) is 5.75 Å². The van der Waals surface area contributed by atoms with Crippen LogP contribution in [-0.2, 0) is 0 Å². The van der Waals surface area contributed by atoms with E-state index < -0.39 is 0 Å². The number of benzene rings is 2. The van der Waals surface area contributed by atoms with E-state index >= 15 is 0 Å². The first-order valence-corrected chi connectivity index (χ1v) is 8.00. The third kappa shape index (κ3) is 3.24. The first-order chi connectivity index (χ1) is 11.1. The molecule has 1 heterocycles. The number of hydrogen-bond acceptors (Lipinski definition) is 3. The average Bonchev–Trinajstić information content (AvgIpc) is 3.00. The van der Waals surface area contributed by atoms with Crippen LogP contribution in [0.15, 0.2) is 57.4 Å².